The fourth-order valence-corrected chi connectivity index (χ4v) is 1.89. The van der Waals surface area contributed by atoms with E-state index in [1.54, 1.807) is 6.92 Å². The van der Waals surface area contributed by atoms with E-state index in [0.29, 0.717) is 0 Å². The van der Waals surface area contributed by atoms with E-state index in [0.717, 1.165) is 0 Å². The third kappa shape index (κ3) is 3.81. The van der Waals surface area contributed by atoms with Crippen LogP contribution in [0.1, 0.15) is 27.2 Å². The molecule has 0 aromatic heterocycles. The lowest BCUT2D eigenvalue weighted by Gasteiger charge is -2.27. The molecule has 0 spiro atoms. The highest BCUT2D eigenvalue weighted by molar-refractivity contribution is 8.10. The summed E-state index contributed by atoms with van der Waals surface area (Å²) in [6.45, 7) is 4.38. The Hall–Kier alpha value is -0.330. The molecule has 0 heterocycles. The van der Waals surface area contributed by atoms with Crippen molar-refractivity contribution in [3.05, 3.63) is 0 Å². The fraction of sp³-hybridized carbons (Fsp3) is 0.857. The lowest BCUT2D eigenvalue weighted by Crippen LogP contribution is -2.39. The second kappa shape index (κ2) is 4.46. The number of hydrogen-bond donors (Lipinski definition) is 1. The van der Waals surface area contributed by atoms with Crippen molar-refractivity contribution in [3.63, 3.8) is 0 Å². The molecule has 0 saturated heterocycles. The minimum absolute atomic E-state index is 0.241. The van der Waals surface area contributed by atoms with Crippen molar-refractivity contribution in [2.24, 2.45) is 5.41 Å². The topological polar surface area (TPSA) is 80.7 Å². The summed E-state index contributed by atoms with van der Waals surface area (Å²) in [6.07, 6.45) is -0.729. The highest BCUT2D eigenvalue weighted by atomic mass is 35.7. The molecule has 1 atom stereocenters. The maximum absolute atomic E-state index is 10.8. The van der Waals surface area contributed by atoms with E-state index in [1.807, 2.05) is 0 Å². The second-order valence-electron chi connectivity index (χ2n) is 3.41. The Balaban J connectivity index is 4.82. The SMILES string of the molecule is CCC(OS(=O)(=O)Cl)C(C)(C)C(=O)O. The molecule has 0 saturated carbocycles. The van der Waals surface area contributed by atoms with Crippen molar-refractivity contribution in [2.75, 3.05) is 0 Å². The average molecular weight is 245 g/mol. The fourth-order valence-electron chi connectivity index (χ4n) is 0.975. The molecule has 0 aliphatic rings. The molecule has 0 aliphatic heterocycles. The van der Waals surface area contributed by atoms with E-state index in [4.69, 9.17) is 15.8 Å². The minimum Gasteiger partial charge on any atom is -0.481 e. The van der Waals surface area contributed by atoms with Gasteiger partial charge >= 0.3 is 15.3 Å². The Bertz CT molecular complexity index is 308. The molecule has 0 aromatic carbocycles. The van der Waals surface area contributed by atoms with Gasteiger partial charge < -0.3 is 5.11 Å². The summed E-state index contributed by atoms with van der Waals surface area (Å²) < 4.78 is 25.7. The molecular weight excluding hydrogens is 232 g/mol. The lowest BCUT2D eigenvalue weighted by atomic mass is 9.85. The number of halogens is 1. The smallest absolute Gasteiger partial charge is 0.355 e. The zero-order valence-electron chi connectivity index (χ0n) is 8.15. The van der Waals surface area contributed by atoms with Gasteiger partial charge in [-0.1, -0.05) is 6.92 Å². The lowest BCUT2D eigenvalue weighted by molar-refractivity contribution is -0.152. The summed E-state index contributed by atoms with van der Waals surface area (Å²) in [7, 11) is 0.731. The van der Waals surface area contributed by atoms with Crippen molar-refractivity contribution in [1.29, 1.82) is 0 Å². The van der Waals surface area contributed by atoms with Gasteiger partial charge in [0.1, 0.15) is 0 Å². The predicted octanol–water partition coefficient (Wildman–Crippen LogP) is 1.38. The van der Waals surface area contributed by atoms with Crippen LogP contribution < -0.4 is 0 Å². The van der Waals surface area contributed by atoms with Crippen molar-refractivity contribution in [2.45, 2.75) is 33.3 Å². The Morgan fingerprint density at radius 1 is 1.57 bits per heavy atom. The normalized spacial score (nSPS) is 15.1. The molecule has 7 heteroatoms. The van der Waals surface area contributed by atoms with Gasteiger partial charge in [-0.15, -0.1) is 0 Å². The summed E-state index contributed by atoms with van der Waals surface area (Å²) in [5.41, 5.74) is -1.29. The van der Waals surface area contributed by atoms with Crippen molar-refractivity contribution in [1.82, 2.24) is 0 Å². The van der Waals surface area contributed by atoms with Crippen LogP contribution in [0.25, 0.3) is 0 Å². The van der Waals surface area contributed by atoms with Crippen LogP contribution in [0.15, 0.2) is 0 Å². The highest BCUT2D eigenvalue weighted by Crippen LogP contribution is 2.28. The second-order valence-corrected chi connectivity index (χ2v) is 5.53. The molecule has 0 bridgehead atoms. The van der Waals surface area contributed by atoms with Gasteiger partial charge in [-0.05, 0) is 20.3 Å². The van der Waals surface area contributed by atoms with Crippen LogP contribution in [0.3, 0.4) is 0 Å². The van der Waals surface area contributed by atoms with Crippen LogP contribution in [0.4, 0.5) is 0 Å². The van der Waals surface area contributed by atoms with Gasteiger partial charge in [0.15, 0.2) is 0 Å². The summed E-state index contributed by atoms with van der Waals surface area (Å²) in [5.74, 6) is -1.13. The van der Waals surface area contributed by atoms with Crippen LogP contribution >= 0.6 is 10.7 Å². The quantitative estimate of drug-likeness (QED) is 0.739. The van der Waals surface area contributed by atoms with Gasteiger partial charge in [0.2, 0.25) is 0 Å². The summed E-state index contributed by atoms with van der Waals surface area (Å²) in [4.78, 5) is 10.8. The molecule has 0 rings (SSSR count). The molecule has 0 amide bonds. The molecule has 0 fully saturated rings. The highest BCUT2D eigenvalue weighted by Gasteiger charge is 2.39. The summed E-state index contributed by atoms with van der Waals surface area (Å²) in [6, 6.07) is 0. The number of carboxylic acids is 1. The Morgan fingerprint density at radius 3 is 2.21 bits per heavy atom. The van der Waals surface area contributed by atoms with Crippen LogP contribution in [0.2, 0.25) is 0 Å². The van der Waals surface area contributed by atoms with Crippen LogP contribution in [0, 0.1) is 5.41 Å². The van der Waals surface area contributed by atoms with Gasteiger partial charge in [0.25, 0.3) is 0 Å². The first-order valence-electron chi connectivity index (χ1n) is 3.97. The van der Waals surface area contributed by atoms with Crippen molar-refractivity contribution < 1.29 is 22.5 Å². The number of carboxylic acid groups (broad SMARTS) is 1. The predicted molar refractivity (Wildman–Crippen MR) is 51.4 cm³/mol. The first-order chi connectivity index (χ1) is 6.11. The Labute approximate surface area is 87.6 Å². The summed E-state index contributed by atoms with van der Waals surface area (Å²) >= 11 is 0. The monoisotopic (exact) mass is 244 g/mol. The van der Waals surface area contributed by atoms with Gasteiger partial charge in [-0.2, -0.15) is 8.42 Å². The molecule has 84 valence electrons. The molecule has 0 aromatic rings. The van der Waals surface area contributed by atoms with Crippen LogP contribution in [-0.4, -0.2) is 25.6 Å². The third-order valence-electron chi connectivity index (χ3n) is 1.96. The minimum atomic E-state index is -4.14. The van der Waals surface area contributed by atoms with Crippen molar-refractivity contribution in [3.8, 4) is 0 Å². The largest absolute Gasteiger partial charge is 0.481 e. The van der Waals surface area contributed by atoms with E-state index < -0.39 is 26.8 Å². The zero-order valence-corrected chi connectivity index (χ0v) is 9.72. The standard InChI is InChI=1S/C7H13ClO5S/c1-4-5(13-14(8,11)12)7(2,3)6(9)10/h5H,4H2,1-3H3,(H,9,10). The van der Waals surface area contributed by atoms with Gasteiger partial charge in [0.05, 0.1) is 11.5 Å². The number of carbonyl (C=O) groups is 1. The number of rotatable bonds is 5. The van der Waals surface area contributed by atoms with E-state index in [1.165, 1.54) is 13.8 Å². The van der Waals surface area contributed by atoms with E-state index in [9.17, 15) is 13.2 Å². The first kappa shape index (κ1) is 13.7. The number of hydrogen-bond acceptors (Lipinski definition) is 4. The van der Waals surface area contributed by atoms with Gasteiger partial charge in [-0.25, -0.2) is 0 Å². The third-order valence-corrected chi connectivity index (χ3v) is 2.64. The average Bonchev–Trinajstić information content (AvgIpc) is 1.97. The molecule has 14 heavy (non-hydrogen) atoms. The summed E-state index contributed by atoms with van der Waals surface area (Å²) in [5, 5.41) is 8.82. The van der Waals surface area contributed by atoms with E-state index in [2.05, 4.69) is 4.18 Å². The van der Waals surface area contributed by atoms with E-state index >= 15 is 0 Å². The van der Waals surface area contributed by atoms with Crippen molar-refractivity contribution >= 4 is 26.0 Å². The first-order valence-corrected chi connectivity index (χ1v) is 6.21. The Kier molecular flexibility index (Phi) is 4.35. The molecule has 1 unspecified atom stereocenters. The Morgan fingerprint density at radius 2 is 2.00 bits per heavy atom. The maximum atomic E-state index is 10.8. The molecular formula is C7H13ClO5S. The molecule has 5 nitrogen and oxygen atoms in total. The van der Waals surface area contributed by atoms with Crippen LogP contribution in [0.5, 0.6) is 0 Å². The zero-order chi connectivity index (χ0) is 11.6. The molecule has 1 N–H and O–H groups in total. The van der Waals surface area contributed by atoms with Gasteiger partial charge in [0, 0.05) is 10.7 Å². The van der Waals surface area contributed by atoms with Gasteiger partial charge in [-0.3, -0.25) is 8.98 Å². The van der Waals surface area contributed by atoms with E-state index in [-0.39, 0.29) is 6.42 Å². The van der Waals surface area contributed by atoms with Crippen LogP contribution in [-0.2, 0) is 18.3 Å². The number of aliphatic carboxylic acids is 1. The molecule has 0 aliphatic carbocycles. The maximum Gasteiger partial charge on any atom is 0.355 e. The molecule has 0 radical (unpaired) electrons.